The van der Waals surface area contributed by atoms with Crippen molar-refractivity contribution in [2.45, 2.75) is 0 Å². The molecular formula is C13H9KO2. The molecule has 0 saturated heterocycles. The average Bonchev–Trinajstić information content (AvgIpc) is 2.30. The fraction of sp³-hybridized carbons (Fsp3) is 0. The Morgan fingerprint density at radius 1 is 0.875 bits per heavy atom. The third-order valence-corrected chi connectivity index (χ3v) is 2.23. The molecule has 2 aromatic rings. The van der Waals surface area contributed by atoms with Crippen molar-refractivity contribution in [3.63, 3.8) is 0 Å². The van der Waals surface area contributed by atoms with E-state index < -0.39 is 5.97 Å². The number of carbonyl (C=O) groups excluding carboxylic acids is 1. The van der Waals surface area contributed by atoms with Crippen molar-refractivity contribution in [1.82, 2.24) is 0 Å². The molecule has 0 N–H and O–H groups in total. The van der Waals surface area contributed by atoms with Gasteiger partial charge in [-0.15, -0.1) is 0 Å². The van der Waals surface area contributed by atoms with Gasteiger partial charge in [0.25, 0.3) is 0 Å². The number of aromatic carboxylic acids is 1. The maximum absolute atomic E-state index is 10.9. The van der Waals surface area contributed by atoms with Gasteiger partial charge in [0.15, 0.2) is 0 Å². The smallest absolute Gasteiger partial charge is 0.545 e. The summed E-state index contributed by atoms with van der Waals surface area (Å²) in [5.74, 6) is -1.14. The van der Waals surface area contributed by atoms with E-state index in [1.807, 2.05) is 36.4 Å². The first-order chi connectivity index (χ1) is 7.29. The zero-order chi connectivity index (χ0) is 10.7. The van der Waals surface area contributed by atoms with Crippen LogP contribution in [0.2, 0.25) is 0 Å². The summed E-state index contributed by atoms with van der Waals surface area (Å²) in [4.78, 5) is 10.9. The standard InChI is InChI=1S/C13H10O2.K/c14-13(15)12-9-5-4-8-11(12)10-6-2-1-3-7-10;/h1-9H,(H,14,15);/q;+1/p-1. The van der Waals surface area contributed by atoms with Gasteiger partial charge in [0.2, 0.25) is 0 Å². The summed E-state index contributed by atoms with van der Waals surface area (Å²) in [6.45, 7) is 0. The van der Waals surface area contributed by atoms with E-state index in [1.54, 1.807) is 18.2 Å². The second kappa shape index (κ2) is 6.32. The Bertz CT molecular complexity index is 480. The third kappa shape index (κ3) is 3.03. The molecule has 2 rings (SSSR count). The van der Waals surface area contributed by atoms with Crippen molar-refractivity contribution in [2.75, 3.05) is 0 Å². The van der Waals surface area contributed by atoms with Crippen molar-refractivity contribution in [1.29, 1.82) is 0 Å². The number of carboxylic acid groups (broad SMARTS) is 1. The SMILES string of the molecule is O=C([O-])c1ccccc1-c1ccccc1.[K+]. The minimum absolute atomic E-state index is 0. The Morgan fingerprint density at radius 3 is 2.06 bits per heavy atom. The van der Waals surface area contributed by atoms with Crippen molar-refractivity contribution in [3.8, 4) is 11.1 Å². The first-order valence-corrected chi connectivity index (χ1v) is 4.65. The molecule has 0 unspecified atom stereocenters. The molecule has 0 spiro atoms. The monoisotopic (exact) mass is 236 g/mol. The third-order valence-electron chi connectivity index (χ3n) is 2.23. The van der Waals surface area contributed by atoms with Crippen molar-refractivity contribution >= 4 is 5.97 Å². The zero-order valence-corrected chi connectivity index (χ0v) is 12.1. The normalized spacial score (nSPS) is 9.25. The summed E-state index contributed by atoms with van der Waals surface area (Å²) < 4.78 is 0. The molecular weight excluding hydrogens is 227 g/mol. The fourth-order valence-corrected chi connectivity index (χ4v) is 1.53. The van der Waals surface area contributed by atoms with Crippen LogP contribution in [0.5, 0.6) is 0 Å². The first kappa shape index (κ1) is 13.6. The van der Waals surface area contributed by atoms with Gasteiger partial charge < -0.3 is 9.90 Å². The Morgan fingerprint density at radius 2 is 1.44 bits per heavy atom. The Hall–Kier alpha value is -0.454. The molecule has 16 heavy (non-hydrogen) atoms. The van der Waals surface area contributed by atoms with Crippen LogP contribution in [0.25, 0.3) is 11.1 Å². The zero-order valence-electron chi connectivity index (χ0n) is 9.01. The average molecular weight is 236 g/mol. The Labute approximate surface area is 137 Å². The van der Waals surface area contributed by atoms with Crippen LogP contribution in [0.3, 0.4) is 0 Å². The van der Waals surface area contributed by atoms with Gasteiger partial charge in [-0.3, -0.25) is 0 Å². The van der Waals surface area contributed by atoms with Crippen LogP contribution in [0, 0.1) is 0 Å². The number of hydrogen-bond acceptors (Lipinski definition) is 2. The van der Waals surface area contributed by atoms with Gasteiger partial charge in [-0.2, -0.15) is 0 Å². The van der Waals surface area contributed by atoms with Gasteiger partial charge in [-0.25, -0.2) is 0 Å². The second-order valence-corrected chi connectivity index (χ2v) is 3.20. The van der Waals surface area contributed by atoms with Crippen molar-refractivity contribution < 1.29 is 61.3 Å². The van der Waals surface area contributed by atoms with E-state index in [0.717, 1.165) is 5.56 Å². The number of hydrogen-bond donors (Lipinski definition) is 0. The van der Waals surface area contributed by atoms with Crippen molar-refractivity contribution in [3.05, 3.63) is 60.2 Å². The van der Waals surface area contributed by atoms with E-state index in [-0.39, 0.29) is 56.9 Å². The van der Waals surface area contributed by atoms with E-state index in [2.05, 4.69) is 0 Å². The second-order valence-electron chi connectivity index (χ2n) is 3.20. The summed E-state index contributed by atoms with van der Waals surface area (Å²) in [5.41, 5.74) is 1.80. The van der Waals surface area contributed by atoms with E-state index in [9.17, 15) is 9.90 Å². The van der Waals surface area contributed by atoms with E-state index in [0.29, 0.717) is 5.56 Å². The van der Waals surface area contributed by atoms with Crippen LogP contribution in [0.15, 0.2) is 54.6 Å². The van der Waals surface area contributed by atoms with Crippen LogP contribution in [-0.2, 0) is 0 Å². The predicted molar refractivity (Wildman–Crippen MR) is 56.2 cm³/mol. The summed E-state index contributed by atoms with van der Waals surface area (Å²) >= 11 is 0. The number of carbonyl (C=O) groups is 1. The molecule has 0 heterocycles. The molecule has 0 saturated carbocycles. The molecule has 74 valence electrons. The van der Waals surface area contributed by atoms with Gasteiger partial charge in [0, 0.05) is 5.56 Å². The number of carboxylic acids is 1. The van der Waals surface area contributed by atoms with Gasteiger partial charge in [-0.1, -0.05) is 54.6 Å². The summed E-state index contributed by atoms with van der Waals surface area (Å²) in [5, 5.41) is 10.9. The topological polar surface area (TPSA) is 40.1 Å². The summed E-state index contributed by atoms with van der Waals surface area (Å²) in [6.07, 6.45) is 0. The van der Waals surface area contributed by atoms with Crippen molar-refractivity contribution in [2.24, 2.45) is 0 Å². The Balaban J connectivity index is 0.00000128. The Kier molecular flexibility index (Phi) is 5.38. The summed E-state index contributed by atoms with van der Waals surface area (Å²) in [7, 11) is 0. The van der Waals surface area contributed by atoms with E-state index >= 15 is 0 Å². The molecule has 0 fully saturated rings. The number of benzene rings is 2. The van der Waals surface area contributed by atoms with Gasteiger partial charge >= 0.3 is 51.4 Å². The van der Waals surface area contributed by atoms with Crippen LogP contribution in [0.4, 0.5) is 0 Å². The fourth-order valence-electron chi connectivity index (χ4n) is 1.53. The molecule has 0 atom stereocenters. The molecule has 2 aromatic carbocycles. The first-order valence-electron chi connectivity index (χ1n) is 4.65. The van der Waals surface area contributed by atoms with E-state index in [4.69, 9.17) is 0 Å². The van der Waals surface area contributed by atoms with E-state index in [1.165, 1.54) is 0 Å². The molecule has 0 bridgehead atoms. The molecule has 0 aliphatic heterocycles. The van der Waals surface area contributed by atoms with Crippen LogP contribution in [-0.4, -0.2) is 5.97 Å². The molecule has 0 aliphatic rings. The molecule has 0 amide bonds. The minimum atomic E-state index is -1.14. The van der Waals surface area contributed by atoms with Crippen LogP contribution >= 0.6 is 0 Å². The largest absolute Gasteiger partial charge is 1.00 e. The van der Waals surface area contributed by atoms with Gasteiger partial charge in [0.1, 0.15) is 0 Å². The molecule has 0 aliphatic carbocycles. The predicted octanol–water partition coefficient (Wildman–Crippen LogP) is -1.28. The van der Waals surface area contributed by atoms with Crippen LogP contribution < -0.4 is 56.5 Å². The molecule has 0 aromatic heterocycles. The number of rotatable bonds is 2. The maximum Gasteiger partial charge on any atom is 1.00 e. The van der Waals surface area contributed by atoms with Gasteiger partial charge in [0.05, 0.1) is 5.97 Å². The minimum Gasteiger partial charge on any atom is -0.545 e. The molecule has 0 radical (unpaired) electrons. The molecule has 3 heteroatoms. The van der Waals surface area contributed by atoms with Crippen LogP contribution in [0.1, 0.15) is 10.4 Å². The maximum atomic E-state index is 10.9. The van der Waals surface area contributed by atoms with Gasteiger partial charge in [-0.05, 0) is 11.1 Å². The quantitative estimate of drug-likeness (QED) is 0.610. The summed E-state index contributed by atoms with van der Waals surface area (Å²) in [6, 6.07) is 16.2. The molecule has 2 nitrogen and oxygen atoms in total.